The molecule has 0 unspecified atom stereocenters. The van der Waals surface area contributed by atoms with Crippen LogP contribution in [0.15, 0.2) is 12.2 Å². The van der Waals surface area contributed by atoms with Gasteiger partial charge in [0.05, 0.1) is 5.60 Å². The van der Waals surface area contributed by atoms with E-state index < -0.39 is 5.60 Å². The van der Waals surface area contributed by atoms with Gasteiger partial charge in [-0.3, -0.25) is 4.90 Å². The van der Waals surface area contributed by atoms with Crippen LogP contribution in [-0.2, 0) is 0 Å². The van der Waals surface area contributed by atoms with Crippen LogP contribution in [0.3, 0.4) is 0 Å². The van der Waals surface area contributed by atoms with Gasteiger partial charge in [0.1, 0.15) is 0 Å². The monoisotopic (exact) mass is 223 g/mol. The normalized spacial score (nSPS) is 41.2. The van der Waals surface area contributed by atoms with E-state index in [4.69, 9.17) is 0 Å². The molecule has 0 aromatic rings. The fourth-order valence-corrected chi connectivity index (χ4v) is 3.46. The van der Waals surface area contributed by atoms with Gasteiger partial charge in [0.2, 0.25) is 0 Å². The van der Waals surface area contributed by atoms with Gasteiger partial charge in [-0.25, -0.2) is 0 Å². The van der Waals surface area contributed by atoms with Gasteiger partial charge in [-0.2, -0.15) is 0 Å². The number of allylic oxidation sites excluding steroid dienone is 1. The second kappa shape index (κ2) is 4.50. The molecular formula is C14H25NO. The summed E-state index contributed by atoms with van der Waals surface area (Å²) in [5.41, 5.74) is 0.715. The van der Waals surface area contributed by atoms with Crippen LogP contribution < -0.4 is 0 Å². The van der Waals surface area contributed by atoms with Crippen molar-refractivity contribution < 1.29 is 5.11 Å². The van der Waals surface area contributed by atoms with Crippen molar-refractivity contribution in [2.24, 2.45) is 5.92 Å². The molecule has 0 aromatic carbocycles. The van der Waals surface area contributed by atoms with E-state index in [1.54, 1.807) is 0 Å². The lowest BCUT2D eigenvalue weighted by Gasteiger charge is -2.45. The Bertz CT molecular complexity index is 266. The Labute approximate surface area is 99.3 Å². The predicted molar refractivity (Wildman–Crippen MR) is 67.4 cm³/mol. The summed E-state index contributed by atoms with van der Waals surface area (Å²) in [6.45, 7) is 10.5. The first-order valence-corrected chi connectivity index (χ1v) is 6.62. The van der Waals surface area contributed by atoms with E-state index in [-0.39, 0.29) is 0 Å². The largest absolute Gasteiger partial charge is 0.389 e. The van der Waals surface area contributed by atoms with E-state index in [1.807, 2.05) is 6.92 Å². The fraction of sp³-hybridized carbons (Fsp3) is 0.857. The Hall–Kier alpha value is -0.340. The van der Waals surface area contributed by atoms with Crippen LogP contribution in [0, 0.1) is 5.92 Å². The molecule has 2 fully saturated rings. The van der Waals surface area contributed by atoms with E-state index in [1.165, 1.54) is 37.9 Å². The van der Waals surface area contributed by atoms with Crippen LogP contribution in [0.1, 0.15) is 46.0 Å². The zero-order chi connectivity index (χ0) is 11.8. The van der Waals surface area contributed by atoms with Gasteiger partial charge in [-0.15, -0.1) is 0 Å². The minimum Gasteiger partial charge on any atom is -0.389 e. The molecule has 0 spiro atoms. The molecule has 0 aromatic heterocycles. The van der Waals surface area contributed by atoms with E-state index in [0.29, 0.717) is 12.0 Å². The fourth-order valence-electron chi connectivity index (χ4n) is 3.46. The summed E-state index contributed by atoms with van der Waals surface area (Å²) < 4.78 is 0. The maximum Gasteiger partial charge on any atom is 0.0779 e. The SMILES string of the molecule is C=C(C)[C@@H]1CC[C@@H](N2CCCC2)[C@](C)(O)C1. The van der Waals surface area contributed by atoms with Crippen molar-refractivity contribution in [3.05, 3.63) is 12.2 Å². The highest BCUT2D eigenvalue weighted by molar-refractivity contribution is 5.06. The van der Waals surface area contributed by atoms with Crippen molar-refractivity contribution in [1.82, 2.24) is 4.90 Å². The molecule has 92 valence electrons. The highest BCUT2D eigenvalue weighted by atomic mass is 16.3. The third-order valence-corrected chi connectivity index (χ3v) is 4.44. The molecule has 1 saturated carbocycles. The Kier molecular flexibility index (Phi) is 3.41. The number of hydrogen-bond donors (Lipinski definition) is 1. The molecule has 1 N–H and O–H groups in total. The second-order valence-corrected chi connectivity index (χ2v) is 5.94. The van der Waals surface area contributed by atoms with E-state index in [2.05, 4.69) is 18.4 Å². The number of hydrogen-bond acceptors (Lipinski definition) is 2. The number of aliphatic hydroxyl groups is 1. The molecule has 1 heterocycles. The van der Waals surface area contributed by atoms with Crippen molar-refractivity contribution in [3.63, 3.8) is 0 Å². The predicted octanol–water partition coefficient (Wildman–Crippen LogP) is 2.58. The highest BCUT2D eigenvalue weighted by Gasteiger charge is 2.42. The van der Waals surface area contributed by atoms with Gasteiger partial charge < -0.3 is 5.11 Å². The molecule has 2 aliphatic rings. The summed E-state index contributed by atoms with van der Waals surface area (Å²) in [6, 6.07) is 0.380. The Balaban J connectivity index is 2.03. The highest BCUT2D eigenvalue weighted by Crippen LogP contribution is 2.39. The van der Waals surface area contributed by atoms with Gasteiger partial charge >= 0.3 is 0 Å². The number of rotatable bonds is 2. The quantitative estimate of drug-likeness (QED) is 0.727. The maximum absolute atomic E-state index is 10.6. The van der Waals surface area contributed by atoms with E-state index in [0.717, 1.165) is 12.8 Å². The number of likely N-dealkylation sites (tertiary alicyclic amines) is 1. The number of nitrogens with zero attached hydrogens (tertiary/aromatic N) is 1. The van der Waals surface area contributed by atoms with Crippen LogP contribution in [0.2, 0.25) is 0 Å². The van der Waals surface area contributed by atoms with Crippen molar-refractivity contribution in [3.8, 4) is 0 Å². The van der Waals surface area contributed by atoms with Crippen LogP contribution in [0.4, 0.5) is 0 Å². The summed E-state index contributed by atoms with van der Waals surface area (Å²) >= 11 is 0. The lowest BCUT2D eigenvalue weighted by atomic mass is 9.73. The minimum atomic E-state index is -0.522. The molecule has 0 amide bonds. The second-order valence-electron chi connectivity index (χ2n) is 5.94. The molecular weight excluding hydrogens is 198 g/mol. The smallest absolute Gasteiger partial charge is 0.0779 e. The van der Waals surface area contributed by atoms with Crippen LogP contribution in [-0.4, -0.2) is 34.7 Å². The average molecular weight is 223 g/mol. The summed E-state index contributed by atoms with van der Waals surface area (Å²) in [6.07, 6.45) is 5.83. The molecule has 0 radical (unpaired) electrons. The molecule has 16 heavy (non-hydrogen) atoms. The van der Waals surface area contributed by atoms with Crippen molar-refractivity contribution in [1.29, 1.82) is 0 Å². The standard InChI is InChI=1S/C14H25NO/c1-11(2)12-6-7-13(14(3,16)10-12)15-8-4-5-9-15/h12-13,16H,1,4-10H2,2-3H3/t12-,13-,14-/m1/s1. The van der Waals surface area contributed by atoms with Crippen molar-refractivity contribution >= 4 is 0 Å². The van der Waals surface area contributed by atoms with Gasteiger partial charge in [0.15, 0.2) is 0 Å². The minimum absolute atomic E-state index is 0.380. The summed E-state index contributed by atoms with van der Waals surface area (Å²) in [7, 11) is 0. The first kappa shape index (κ1) is 12.1. The Morgan fingerprint density at radius 3 is 2.44 bits per heavy atom. The lowest BCUT2D eigenvalue weighted by molar-refractivity contribution is -0.0648. The molecule has 1 saturated heterocycles. The summed E-state index contributed by atoms with van der Waals surface area (Å²) in [4.78, 5) is 2.49. The van der Waals surface area contributed by atoms with Gasteiger partial charge in [0, 0.05) is 6.04 Å². The summed E-state index contributed by atoms with van der Waals surface area (Å²) in [5.74, 6) is 0.522. The zero-order valence-corrected chi connectivity index (χ0v) is 10.7. The van der Waals surface area contributed by atoms with Gasteiger partial charge in [-0.1, -0.05) is 12.2 Å². The van der Waals surface area contributed by atoms with Crippen LogP contribution >= 0.6 is 0 Å². The Morgan fingerprint density at radius 2 is 1.94 bits per heavy atom. The van der Waals surface area contributed by atoms with Crippen molar-refractivity contribution in [2.75, 3.05) is 13.1 Å². The zero-order valence-electron chi connectivity index (χ0n) is 10.7. The van der Waals surface area contributed by atoms with E-state index >= 15 is 0 Å². The van der Waals surface area contributed by atoms with Gasteiger partial charge in [0.25, 0.3) is 0 Å². The average Bonchev–Trinajstić information content (AvgIpc) is 2.68. The van der Waals surface area contributed by atoms with Crippen molar-refractivity contribution in [2.45, 2.75) is 57.6 Å². The topological polar surface area (TPSA) is 23.5 Å². The van der Waals surface area contributed by atoms with E-state index in [9.17, 15) is 5.11 Å². The van der Waals surface area contributed by atoms with Crippen LogP contribution in [0.5, 0.6) is 0 Å². The van der Waals surface area contributed by atoms with Gasteiger partial charge in [-0.05, 0) is 65.0 Å². The van der Waals surface area contributed by atoms with Crippen LogP contribution in [0.25, 0.3) is 0 Å². The molecule has 3 atom stereocenters. The maximum atomic E-state index is 10.6. The lowest BCUT2D eigenvalue weighted by Crippen LogP contribution is -2.53. The third-order valence-electron chi connectivity index (χ3n) is 4.44. The molecule has 2 heteroatoms. The first-order valence-electron chi connectivity index (χ1n) is 6.62. The first-order chi connectivity index (χ1) is 7.50. The summed E-state index contributed by atoms with van der Waals surface area (Å²) in [5, 5.41) is 10.6. The molecule has 1 aliphatic heterocycles. The molecule has 2 rings (SSSR count). The molecule has 0 bridgehead atoms. The molecule has 2 nitrogen and oxygen atoms in total. The Morgan fingerprint density at radius 1 is 1.31 bits per heavy atom. The third kappa shape index (κ3) is 2.33. The molecule has 1 aliphatic carbocycles.